The number of aromatic nitrogens is 1. The molecule has 37 heavy (non-hydrogen) atoms. The quantitative estimate of drug-likeness (QED) is 0.278. The highest BCUT2D eigenvalue weighted by Crippen LogP contribution is 2.37. The van der Waals surface area contributed by atoms with E-state index in [1.165, 1.54) is 0 Å². The molecule has 0 saturated carbocycles. The van der Waals surface area contributed by atoms with Gasteiger partial charge < -0.3 is 15.0 Å². The fourth-order valence-electron chi connectivity index (χ4n) is 4.13. The lowest BCUT2D eigenvalue weighted by molar-refractivity contribution is -0.143. The Morgan fingerprint density at radius 3 is 2.19 bits per heavy atom. The summed E-state index contributed by atoms with van der Waals surface area (Å²) in [7, 11) is 0. The lowest BCUT2D eigenvalue weighted by Crippen LogP contribution is -2.12. The van der Waals surface area contributed by atoms with Gasteiger partial charge in [0.05, 0.1) is 22.8 Å². The molecule has 1 aromatic heterocycles. The molecule has 0 fully saturated rings. The highest BCUT2D eigenvalue weighted by Gasteiger charge is 2.36. The van der Waals surface area contributed by atoms with Crippen LogP contribution in [0.15, 0.2) is 66.9 Å². The van der Waals surface area contributed by atoms with Crippen molar-refractivity contribution in [1.82, 2.24) is 4.57 Å². The maximum absolute atomic E-state index is 13.3. The van der Waals surface area contributed by atoms with Crippen LogP contribution in [0, 0.1) is 11.3 Å². The fourth-order valence-corrected chi connectivity index (χ4v) is 4.13. The predicted molar refractivity (Wildman–Crippen MR) is 126 cm³/mol. The number of nitriles is 1. The van der Waals surface area contributed by atoms with Crippen molar-refractivity contribution in [2.75, 3.05) is 6.54 Å². The largest absolute Gasteiger partial charge is 0.489 e. The first kappa shape index (κ1) is 26.1. The van der Waals surface area contributed by atoms with Crippen LogP contribution in [0.25, 0.3) is 10.9 Å². The van der Waals surface area contributed by atoms with Crippen LogP contribution in [-0.4, -0.2) is 11.1 Å². The zero-order valence-corrected chi connectivity index (χ0v) is 19.3. The normalized spacial score (nSPS) is 12.1. The molecule has 4 rings (SSSR count). The van der Waals surface area contributed by atoms with Gasteiger partial charge in [0, 0.05) is 23.6 Å². The molecule has 4 nitrogen and oxygen atoms in total. The van der Waals surface area contributed by atoms with Crippen molar-refractivity contribution >= 4 is 10.9 Å². The molecule has 0 aliphatic heterocycles. The number of benzene rings is 3. The number of hydrogen-bond donors (Lipinski definition) is 1. The van der Waals surface area contributed by atoms with Gasteiger partial charge in [-0.3, -0.25) is 0 Å². The molecule has 1 heterocycles. The molecule has 192 valence electrons. The number of nitrogens with two attached hydrogens (primary N) is 1. The van der Waals surface area contributed by atoms with Gasteiger partial charge >= 0.3 is 12.4 Å². The van der Waals surface area contributed by atoms with E-state index in [-0.39, 0.29) is 24.8 Å². The Bertz CT molecular complexity index is 1430. The van der Waals surface area contributed by atoms with Crippen molar-refractivity contribution in [3.63, 3.8) is 0 Å². The lowest BCUT2D eigenvalue weighted by atomic mass is 10.0. The summed E-state index contributed by atoms with van der Waals surface area (Å²) in [4.78, 5) is 0. The summed E-state index contributed by atoms with van der Waals surface area (Å²) in [6.45, 7) is 0.306. The molecule has 0 spiro atoms. The van der Waals surface area contributed by atoms with Crippen molar-refractivity contribution < 1.29 is 31.1 Å². The van der Waals surface area contributed by atoms with Crippen molar-refractivity contribution in [1.29, 1.82) is 5.26 Å². The monoisotopic (exact) mass is 517 g/mol. The summed E-state index contributed by atoms with van der Waals surface area (Å²) in [6.07, 6.45) is -7.70. The molecule has 0 atom stereocenters. The number of rotatable bonds is 7. The van der Waals surface area contributed by atoms with Crippen molar-refractivity contribution in [2.45, 2.75) is 31.9 Å². The zero-order valence-electron chi connectivity index (χ0n) is 19.3. The highest BCUT2D eigenvalue weighted by molar-refractivity contribution is 5.85. The van der Waals surface area contributed by atoms with E-state index in [1.54, 1.807) is 47.2 Å². The second-order valence-corrected chi connectivity index (χ2v) is 8.51. The summed E-state index contributed by atoms with van der Waals surface area (Å²) in [5.74, 6) is 0.518. The Balaban J connectivity index is 1.67. The molecule has 0 radical (unpaired) electrons. The standard InChI is InChI=1S/C27H21F6N3O/c28-26(29,30)21-9-19(10-22(11-21)27(31,32)33)14-36-15-20(6-7-34)24-12-23(4-5-25(24)36)37-16-18-3-1-2-17(8-18)13-35/h1-5,8-12,15H,6-7,14,16,34H2. The summed E-state index contributed by atoms with van der Waals surface area (Å²) < 4.78 is 87.3. The first-order valence-corrected chi connectivity index (χ1v) is 11.2. The van der Waals surface area contributed by atoms with Gasteiger partial charge in [-0.1, -0.05) is 12.1 Å². The molecule has 2 N–H and O–H groups in total. The van der Waals surface area contributed by atoms with E-state index in [9.17, 15) is 26.3 Å². The van der Waals surface area contributed by atoms with Gasteiger partial charge in [0.15, 0.2) is 0 Å². The van der Waals surface area contributed by atoms with Crippen LogP contribution in [0.3, 0.4) is 0 Å². The summed E-state index contributed by atoms with van der Waals surface area (Å²) in [5, 5.41) is 9.78. The van der Waals surface area contributed by atoms with E-state index in [0.717, 1.165) is 28.6 Å². The van der Waals surface area contributed by atoms with Crippen LogP contribution in [0.2, 0.25) is 0 Å². The van der Waals surface area contributed by atoms with Gasteiger partial charge in [-0.05, 0) is 78.2 Å². The zero-order chi connectivity index (χ0) is 26.8. The van der Waals surface area contributed by atoms with Crippen molar-refractivity contribution in [2.24, 2.45) is 5.73 Å². The smallest absolute Gasteiger partial charge is 0.416 e. The molecule has 0 aliphatic carbocycles. The number of ether oxygens (including phenoxy) is 1. The lowest BCUT2D eigenvalue weighted by Gasteiger charge is -2.15. The van der Waals surface area contributed by atoms with E-state index < -0.39 is 23.5 Å². The maximum Gasteiger partial charge on any atom is 0.416 e. The third kappa shape index (κ3) is 6.06. The molecule has 0 saturated heterocycles. The molecular weight excluding hydrogens is 496 g/mol. The van der Waals surface area contributed by atoms with E-state index in [4.69, 9.17) is 15.7 Å². The van der Waals surface area contributed by atoms with Crippen LogP contribution < -0.4 is 10.5 Å². The van der Waals surface area contributed by atoms with E-state index in [2.05, 4.69) is 6.07 Å². The van der Waals surface area contributed by atoms with Gasteiger partial charge in [0.2, 0.25) is 0 Å². The average Bonchev–Trinajstić information content (AvgIpc) is 3.18. The molecule has 0 bridgehead atoms. The minimum absolute atomic E-state index is 0.118. The molecule has 3 aromatic carbocycles. The molecule has 0 aliphatic rings. The molecule has 10 heteroatoms. The maximum atomic E-state index is 13.3. The average molecular weight is 517 g/mol. The van der Waals surface area contributed by atoms with Gasteiger partial charge in [-0.15, -0.1) is 0 Å². The third-order valence-corrected chi connectivity index (χ3v) is 5.81. The van der Waals surface area contributed by atoms with Crippen LogP contribution in [-0.2, 0) is 31.9 Å². The van der Waals surface area contributed by atoms with Gasteiger partial charge in [0.25, 0.3) is 0 Å². The number of nitrogens with zero attached hydrogens (tertiary/aromatic N) is 2. The van der Waals surface area contributed by atoms with Crippen LogP contribution >= 0.6 is 0 Å². The minimum Gasteiger partial charge on any atom is -0.489 e. The third-order valence-electron chi connectivity index (χ3n) is 5.81. The number of hydrogen-bond acceptors (Lipinski definition) is 3. The van der Waals surface area contributed by atoms with E-state index >= 15 is 0 Å². The van der Waals surface area contributed by atoms with Crippen LogP contribution in [0.5, 0.6) is 5.75 Å². The molecular formula is C27H21F6N3O. The Hall–Kier alpha value is -3.97. The number of fused-ring (bicyclic) bond motifs is 1. The highest BCUT2D eigenvalue weighted by atomic mass is 19.4. The second kappa shape index (κ2) is 10.2. The van der Waals surface area contributed by atoms with Gasteiger partial charge in [-0.25, -0.2) is 0 Å². The van der Waals surface area contributed by atoms with Gasteiger partial charge in [0.1, 0.15) is 12.4 Å². The van der Waals surface area contributed by atoms with Crippen molar-refractivity contribution in [3.05, 3.63) is 100 Å². The Morgan fingerprint density at radius 1 is 0.865 bits per heavy atom. The van der Waals surface area contributed by atoms with Crippen LogP contribution in [0.4, 0.5) is 26.3 Å². The van der Waals surface area contributed by atoms with Crippen molar-refractivity contribution in [3.8, 4) is 11.8 Å². The second-order valence-electron chi connectivity index (χ2n) is 8.51. The Morgan fingerprint density at radius 2 is 1.57 bits per heavy atom. The summed E-state index contributed by atoms with van der Waals surface area (Å²) in [6, 6.07) is 15.7. The van der Waals surface area contributed by atoms with E-state index in [0.29, 0.717) is 29.8 Å². The first-order valence-electron chi connectivity index (χ1n) is 11.2. The van der Waals surface area contributed by atoms with E-state index in [1.807, 2.05) is 6.07 Å². The number of alkyl halides is 6. The SMILES string of the molecule is N#Cc1cccc(COc2ccc3c(c2)c(CCN)cn3Cc2cc(C(F)(F)F)cc(C(F)(F)F)c2)c1. The molecule has 0 amide bonds. The Kier molecular flexibility index (Phi) is 7.18. The minimum atomic E-state index is -4.92. The topological polar surface area (TPSA) is 64.0 Å². The fraction of sp³-hybridized carbons (Fsp3) is 0.222. The predicted octanol–water partition coefficient (Wildman–Crippen LogP) is 6.68. The first-order chi connectivity index (χ1) is 17.5. The number of halogens is 6. The molecule has 4 aromatic rings. The molecule has 0 unspecified atom stereocenters. The van der Waals surface area contributed by atoms with Gasteiger partial charge in [-0.2, -0.15) is 31.6 Å². The summed E-state index contributed by atoms with van der Waals surface area (Å²) >= 11 is 0. The van der Waals surface area contributed by atoms with Crippen LogP contribution in [0.1, 0.15) is 33.4 Å². The Labute approximate surface area is 208 Å². The summed E-state index contributed by atoms with van der Waals surface area (Å²) in [5.41, 5.74) is 5.60.